The van der Waals surface area contributed by atoms with Gasteiger partial charge in [0.1, 0.15) is 10.7 Å². The van der Waals surface area contributed by atoms with Gasteiger partial charge in [-0.1, -0.05) is 65.7 Å². The number of hydrogen-bond donors (Lipinski definition) is 2. The molecule has 4 rings (SSSR count). The van der Waals surface area contributed by atoms with Gasteiger partial charge < -0.3 is 10.6 Å². The third-order valence-electron chi connectivity index (χ3n) is 5.40. The Morgan fingerprint density at radius 3 is 2.41 bits per heavy atom. The summed E-state index contributed by atoms with van der Waals surface area (Å²) in [7, 11) is 0. The van der Waals surface area contributed by atoms with Gasteiger partial charge >= 0.3 is 0 Å². The molecule has 0 aromatic heterocycles. The lowest BCUT2D eigenvalue weighted by Crippen LogP contribution is -2.32. The Morgan fingerprint density at radius 1 is 0.912 bits per heavy atom. The molecule has 0 atom stereocenters. The molecule has 0 bridgehead atoms. The zero-order chi connectivity index (χ0) is 24.2. The van der Waals surface area contributed by atoms with Crippen molar-refractivity contribution < 1.29 is 14.4 Å². The van der Waals surface area contributed by atoms with Gasteiger partial charge in [-0.05, 0) is 54.8 Å². The number of rotatable bonds is 7. The fraction of sp³-hybridized carbons (Fsp3) is 0.115. The van der Waals surface area contributed by atoms with E-state index >= 15 is 0 Å². The molecular formula is C26H21Cl2N3O3. The summed E-state index contributed by atoms with van der Waals surface area (Å²) in [6.45, 7) is 2.31. The third-order valence-corrected chi connectivity index (χ3v) is 5.98. The molecular weight excluding hydrogens is 473 g/mol. The first-order valence-corrected chi connectivity index (χ1v) is 11.3. The van der Waals surface area contributed by atoms with E-state index in [2.05, 4.69) is 10.6 Å². The minimum atomic E-state index is -0.649. The lowest BCUT2D eigenvalue weighted by Gasteiger charge is -2.16. The van der Waals surface area contributed by atoms with Crippen molar-refractivity contribution in [3.63, 3.8) is 0 Å². The van der Waals surface area contributed by atoms with Crippen LogP contribution in [0.5, 0.6) is 0 Å². The van der Waals surface area contributed by atoms with Crippen LogP contribution in [-0.4, -0.2) is 24.3 Å². The predicted octanol–water partition coefficient (Wildman–Crippen LogP) is 5.06. The van der Waals surface area contributed by atoms with E-state index in [-0.39, 0.29) is 16.6 Å². The van der Waals surface area contributed by atoms with Crippen LogP contribution in [0.25, 0.3) is 0 Å². The second-order valence-corrected chi connectivity index (χ2v) is 8.58. The molecule has 3 aromatic rings. The van der Waals surface area contributed by atoms with Gasteiger partial charge in [0.05, 0.1) is 5.69 Å². The van der Waals surface area contributed by atoms with Gasteiger partial charge in [-0.25, -0.2) is 4.90 Å². The van der Waals surface area contributed by atoms with Crippen molar-refractivity contribution in [1.82, 2.24) is 5.32 Å². The number of benzene rings is 3. The zero-order valence-corrected chi connectivity index (χ0v) is 19.8. The number of imide groups is 1. The van der Waals surface area contributed by atoms with Crippen LogP contribution in [0.15, 0.2) is 83.5 Å². The number of anilines is 2. The Bertz CT molecular complexity index is 1310. The average Bonchev–Trinajstić information content (AvgIpc) is 3.04. The first kappa shape index (κ1) is 23.5. The number of nitrogens with one attached hydrogen (secondary N) is 2. The van der Waals surface area contributed by atoms with E-state index in [1.807, 2.05) is 37.3 Å². The number of carbonyl (C=O) groups excluding carboxylic acids is 3. The molecule has 0 saturated carbocycles. The number of hydrogen-bond acceptors (Lipinski definition) is 4. The molecule has 0 unspecified atom stereocenters. The number of aryl methyl sites for hydroxylation is 1. The molecule has 6 nitrogen and oxygen atoms in total. The Balaban J connectivity index is 1.49. The highest BCUT2D eigenvalue weighted by Gasteiger charge is 2.39. The fourth-order valence-electron chi connectivity index (χ4n) is 3.56. The fourth-order valence-corrected chi connectivity index (χ4v) is 3.96. The monoisotopic (exact) mass is 493 g/mol. The highest BCUT2D eigenvalue weighted by atomic mass is 35.5. The summed E-state index contributed by atoms with van der Waals surface area (Å²) < 4.78 is 0. The number of nitrogens with zero attached hydrogens (tertiary/aromatic N) is 1. The van der Waals surface area contributed by atoms with Crippen molar-refractivity contribution in [1.29, 1.82) is 0 Å². The SMILES string of the molecule is Cc1ccc(C(=O)NCCc2ccccc2)cc1NC1=C(Cl)C(=O)N(c2cccc(Cl)c2)C1=O. The molecule has 2 N–H and O–H groups in total. The molecule has 3 aromatic carbocycles. The van der Waals surface area contributed by atoms with Crippen LogP contribution < -0.4 is 15.5 Å². The maximum Gasteiger partial charge on any atom is 0.283 e. The number of carbonyl (C=O) groups is 3. The maximum absolute atomic E-state index is 13.0. The summed E-state index contributed by atoms with van der Waals surface area (Å²) in [5.41, 5.74) is 3.08. The van der Waals surface area contributed by atoms with Gasteiger partial charge in [-0.3, -0.25) is 14.4 Å². The summed E-state index contributed by atoms with van der Waals surface area (Å²) in [6.07, 6.45) is 0.710. The van der Waals surface area contributed by atoms with Crippen molar-refractivity contribution in [2.24, 2.45) is 0 Å². The molecule has 0 fully saturated rings. The highest BCUT2D eigenvalue weighted by Crippen LogP contribution is 2.32. The summed E-state index contributed by atoms with van der Waals surface area (Å²) >= 11 is 12.2. The summed E-state index contributed by atoms with van der Waals surface area (Å²) in [4.78, 5) is 39.3. The first-order chi connectivity index (χ1) is 16.3. The van der Waals surface area contributed by atoms with E-state index in [9.17, 15) is 14.4 Å². The summed E-state index contributed by atoms with van der Waals surface area (Å²) in [6, 6.07) is 21.4. The molecule has 1 heterocycles. The summed E-state index contributed by atoms with van der Waals surface area (Å²) in [5.74, 6) is -1.49. The molecule has 172 valence electrons. The Kier molecular flexibility index (Phi) is 7.01. The maximum atomic E-state index is 13.0. The zero-order valence-electron chi connectivity index (χ0n) is 18.3. The van der Waals surface area contributed by atoms with Gasteiger partial charge in [0.25, 0.3) is 17.7 Å². The Hall–Kier alpha value is -3.61. The molecule has 0 saturated heterocycles. The van der Waals surface area contributed by atoms with Crippen LogP contribution in [-0.2, 0) is 16.0 Å². The van der Waals surface area contributed by atoms with E-state index in [4.69, 9.17) is 23.2 Å². The average molecular weight is 494 g/mol. The molecule has 34 heavy (non-hydrogen) atoms. The van der Waals surface area contributed by atoms with Crippen molar-refractivity contribution in [3.05, 3.63) is 105 Å². The molecule has 0 aliphatic carbocycles. The number of halogens is 2. The molecule has 1 aliphatic heterocycles. The van der Waals surface area contributed by atoms with Gasteiger partial charge in [0, 0.05) is 22.8 Å². The first-order valence-electron chi connectivity index (χ1n) is 10.6. The van der Waals surface area contributed by atoms with Gasteiger partial charge in [0.2, 0.25) is 0 Å². The van der Waals surface area contributed by atoms with Crippen LogP contribution in [0.3, 0.4) is 0 Å². The summed E-state index contributed by atoms with van der Waals surface area (Å²) in [5, 5.41) is 6.01. The van der Waals surface area contributed by atoms with Crippen molar-refractivity contribution >= 4 is 52.3 Å². The lowest BCUT2D eigenvalue weighted by atomic mass is 10.1. The normalized spacial score (nSPS) is 13.4. The molecule has 3 amide bonds. The minimum Gasteiger partial charge on any atom is -0.352 e. The predicted molar refractivity (Wildman–Crippen MR) is 134 cm³/mol. The largest absolute Gasteiger partial charge is 0.352 e. The smallest absolute Gasteiger partial charge is 0.283 e. The molecule has 1 aliphatic rings. The topological polar surface area (TPSA) is 78.5 Å². The van der Waals surface area contributed by atoms with Crippen LogP contribution in [0.4, 0.5) is 11.4 Å². The quantitative estimate of drug-likeness (QED) is 0.451. The van der Waals surface area contributed by atoms with Crippen molar-refractivity contribution in [2.75, 3.05) is 16.8 Å². The van der Waals surface area contributed by atoms with Crippen LogP contribution >= 0.6 is 23.2 Å². The molecule has 0 spiro atoms. The van der Waals surface area contributed by atoms with E-state index < -0.39 is 11.8 Å². The van der Waals surface area contributed by atoms with E-state index in [1.54, 1.807) is 36.4 Å². The molecule has 8 heteroatoms. The van der Waals surface area contributed by atoms with E-state index in [1.165, 1.54) is 6.07 Å². The Labute approximate surface area is 207 Å². The second-order valence-electron chi connectivity index (χ2n) is 7.76. The minimum absolute atomic E-state index is 0.0589. The lowest BCUT2D eigenvalue weighted by molar-refractivity contribution is -0.120. The Morgan fingerprint density at radius 2 is 1.68 bits per heavy atom. The van der Waals surface area contributed by atoms with Crippen LogP contribution in [0.2, 0.25) is 5.02 Å². The van der Waals surface area contributed by atoms with Crippen LogP contribution in [0.1, 0.15) is 21.5 Å². The second kappa shape index (κ2) is 10.1. The highest BCUT2D eigenvalue weighted by molar-refractivity contribution is 6.53. The van der Waals surface area contributed by atoms with Crippen molar-refractivity contribution in [2.45, 2.75) is 13.3 Å². The van der Waals surface area contributed by atoms with E-state index in [0.29, 0.717) is 34.9 Å². The van der Waals surface area contributed by atoms with Crippen LogP contribution in [0, 0.1) is 6.92 Å². The van der Waals surface area contributed by atoms with Gasteiger partial charge in [-0.2, -0.15) is 0 Å². The number of amides is 3. The van der Waals surface area contributed by atoms with Gasteiger partial charge in [0.15, 0.2) is 0 Å². The molecule has 0 radical (unpaired) electrons. The standard InChI is InChI=1S/C26H21Cl2N3O3/c1-16-10-11-18(24(32)29-13-12-17-6-3-2-4-7-17)14-21(16)30-23-22(28)25(33)31(26(23)34)20-9-5-8-19(27)15-20/h2-11,14-15,30H,12-13H2,1H3,(H,29,32). The van der Waals surface area contributed by atoms with E-state index in [0.717, 1.165) is 16.0 Å². The van der Waals surface area contributed by atoms with Gasteiger partial charge in [-0.15, -0.1) is 0 Å². The van der Waals surface area contributed by atoms with Crippen molar-refractivity contribution in [3.8, 4) is 0 Å². The third kappa shape index (κ3) is 4.98.